The lowest BCUT2D eigenvalue weighted by Crippen LogP contribution is -2.45. The molecule has 6 heteroatoms. The zero-order valence-corrected chi connectivity index (χ0v) is 9.80. The van der Waals surface area contributed by atoms with Crippen LogP contribution in [0.5, 0.6) is 0 Å². The number of hydrogen-bond donors (Lipinski definition) is 0. The summed E-state index contributed by atoms with van der Waals surface area (Å²) >= 11 is 0. The molecule has 0 bridgehead atoms. The Morgan fingerprint density at radius 1 is 1.20 bits per heavy atom. The number of carbonyl (C=O) groups is 1. The van der Waals surface area contributed by atoms with Gasteiger partial charge in [0.1, 0.15) is 0 Å². The maximum Gasteiger partial charge on any atom is 0.339 e. The largest absolute Gasteiger partial charge is 0.467 e. The van der Waals surface area contributed by atoms with E-state index in [1.807, 2.05) is 0 Å². The summed E-state index contributed by atoms with van der Waals surface area (Å²) in [7, 11) is -2.40. The fraction of sp³-hybridized carbons (Fsp3) is 0.889. The monoisotopic (exact) mass is 236 g/mol. The van der Waals surface area contributed by atoms with E-state index < -0.39 is 21.7 Å². The van der Waals surface area contributed by atoms with Crippen molar-refractivity contribution >= 4 is 16.1 Å². The zero-order chi connectivity index (χ0) is 11.5. The molecule has 0 N–H and O–H groups in total. The highest BCUT2D eigenvalue weighted by Crippen LogP contribution is 2.33. The van der Waals surface area contributed by atoms with Crippen molar-refractivity contribution in [3.05, 3.63) is 0 Å². The van der Waals surface area contributed by atoms with E-state index in [4.69, 9.17) is 4.18 Å². The number of hydrogen-bond acceptors (Lipinski definition) is 5. The molecular weight excluding hydrogens is 220 g/mol. The first kappa shape index (κ1) is 12.4. The highest BCUT2D eigenvalue weighted by atomic mass is 32.2. The van der Waals surface area contributed by atoms with Gasteiger partial charge in [-0.1, -0.05) is 6.42 Å². The highest BCUT2D eigenvalue weighted by molar-refractivity contribution is 7.86. The summed E-state index contributed by atoms with van der Waals surface area (Å²) in [6.07, 6.45) is 4.33. The quantitative estimate of drug-likeness (QED) is 0.536. The standard InChI is InChI=1S/C9H16O5S/c1-13-8(10)9(14-15(2,11)12)6-4-3-5-7-9/h3-7H2,1-2H3. The van der Waals surface area contributed by atoms with Crippen LogP contribution in [-0.2, 0) is 23.8 Å². The molecule has 1 saturated carbocycles. The van der Waals surface area contributed by atoms with Gasteiger partial charge >= 0.3 is 5.97 Å². The smallest absolute Gasteiger partial charge is 0.339 e. The minimum atomic E-state index is -3.64. The Hall–Kier alpha value is -0.620. The molecule has 88 valence electrons. The van der Waals surface area contributed by atoms with E-state index in [1.165, 1.54) is 7.11 Å². The van der Waals surface area contributed by atoms with Crippen LogP contribution >= 0.6 is 0 Å². The van der Waals surface area contributed by atoms with E-state index in [2.05, 4.69) is 4.74 Å². The van der Waals surface area contributed by atoms with E-state index in [-0.39, 0.29) is 0 Å². The Labute approximate surface area is 89.9 Å². The van der Waals surface area contributed by atoms with Crippen molar-refractivity contribution < 1.29 is 22.1 Å². The summed E-state index contributed by atoms with van der Waals surface area (Å²) < 4.78 is 31.7. The molecule has 0 amide bonds. The Bertz CT molecular complexity index is 326. The Kier molecular flexibility index (Phi) is 3.72. The molecule has 5 nitrogen and oxygen atoms in total. The van der Waals surface area contributed by atoms with Gasteiger partial charge in [-0.25, -0.2) is 4.79 Å². The molecule has 0 aromatic heterocycles. The van der Waals surface area contributed by atoms with Crippen molar-refractivity contribution in [2.24, 2.45) is 0 Å². The summed E-state index contributed by atoms with van der Waals surface area (Å²) in [4.78, 5) is 11.6. The van der Waals surface area contributed by atoms with Crippen molar-refractivity contribution in [1.82, 2.24) is 0 Å². The number of carbonyl (C=O) groups excluding carboxylic acids is 1. The van der Waals surface area contributed by atoms with Crippen LogP contribution in [0.3, 0.4) is 0 Å². The van der Waals surface area contributed by atoms with Gasteiger partial charge in [0.25, 0.3) is 10.1 Å². The molecule has 1 aliphatic rings. The summed E-state index contributed by atoms with van der Waals surface area (Å²) in [5.74, 6) is -0.590. The first-order chi connectivity index (χ1) is 6.90. The van der Waals surface area contributed by atoms with Gasteiger partial charge in [-0.15, -0.1) is 0 Å². The first-order valence-electron chi connectivity index (χ1n) is 4.89. The minimum absolute atomic E-state index is 0.409. The lowest BCUT2D eigenvalue weighted by Gasteiger charge is -2.32. The summed E-state index contributed by atoms with van der Waals surface area (Å²) in [5.41, 5.74) is -1.28. The topological polar surface area (TPSA) is 69.7 Å². The summed E-state index contributed by atoms with van der Waals surface area (Å²) in [5, 5.41) is 0. The zero-order valence-electron chi connectivity index (χ0n) is 8.99. The Morgan fingerprint density at radius 2 is 1.73 bits per heavy atom. The van der Waals surface area contributed by atoms with Gasteiger partial charge in [-0.05, 0) is 25.7 Å². The third-order valence-electron chi connectivity index (χ3n) is 2.53. The molecule has 0 saturated heterocycles. The maximum atomic E-state index is 11.6. The van der Waals surface area contributed by atoms with Crippen LogP contribution in [0.1, 0.15) is 32.1 Å². The van der Waals surface area contributed by atoms with E-state index >= 15 is 0 Å². The second-order valence-corrected chi connectivity index (χ2v) is 5.41. The molecule has 15 heavy (non-hydrogen) atoms. The molecule has 0 aromatic rings. The maximum absolute atomic E-state index is 11.6. The van der Waals surface area contributed by atoms with Crippen LogP contribution in [0.15, 0.2) is 0 Å². The van der Waals surface area contributed by atoms with Gasteiger partial charge in [-0.3, -0.25) is 4.18 Å². The fourth-order valence-electron chi connectivity index (χ4n) is 1.92. The van der Waals surface area contributed by atoms with Crippen LogP contribution in [0.4, 0.5) is 0 Å². The average Bonchev–Trinajstić information content (AvgIpc) is 2.15. The fourth-order valence-corrected chi connectivity index (χ4v) is 2.73. The molecule has 0 heterocycles. The molecule has 0 unspecified atom stereocenters. The van der Waals surface area contributed by atoms with Crippen LogP contribution in [0.2, 0.25) is 0 Å². The lowest BCUT2D eigenvalue weighted by atomic mass is 9.85. The van der Waals surface area contributed by atoms with Crippen molar-refractivity contribution in [2.75, 3.05) is 13.4 Å². The Morgan fingerprint density at radius 3 is 2.13 bits per heavy atom. The normalized spacial score (nSPS) is 20.9. The molecule has 1 fully saturated rings. The molecule has 0 aromatic carbocycles. The van der Waals surface area contributed by atoms with E-state index in [0.717, 1.165) is 25.5 Å². The molecule has 0 radical (unpaired) electrons. The summed E-state index contributed by atoms with van der Waals surface area (Å²) in [6, 6.07) is 0. The molecule has 1 rings (SSSR count). The van der Waals surface area contributed by atoms with Gasteiger partial charge < -0.3 is 4.74 Å². The van der Waals surface area contributed by atoms with Crippen LogP contribution in [-0.4, -0.2) is 33.4 Å². The SMILES string of the molecule is COC(=O)C1(OS(C)(=O)=O)CCCCC1. The van der Waals surface area contributed by atoms with Crippen molar-refractivity contribution in [3.8, 4) is 0 Å². The van der Waals surface area contributed by atoms with Crippen LogP contribution < -0.4 is 0 Å². The molecule has 1 aliphatic carbocycles. The number of rotatable bonds is 3. The number of esters is 1. The van der Waals surface area contributed by atoms with Gasteiger partial charge in [0.15, 0.2) is 5.60 Å². The molecule has 0 atom stereocenters. The summed E-state index contributed by atoms with van der Waals surface area (Å²) in [6.45, 7) is 0. The number of ether oxygens (including phenoxy) is 1. The second kappa shape index (κ2) is 4.49. The number of methoxy groups -OCH3 is 1. The predicted octanol–water partition coefficient (Wildman–Crippen LogP) is 0.838. The first-order valence-corrected chi connectivity index (χ1v) is 6.70. The van der Waals surface area contributed by atoms with Crippen molar-refractivity contribution in [3.63, 3.8) is 0 Å². The Balaban J connectivity index is 2.90. The minimum Gasteiger partial charge on any atom is -0.467 e. The van der Waals surface area contributed by atoms with E-state index in [0.29, 0.717) is 12.8 Å². The third-order valence-corrected chi connectivity index (χ3v) is 3.15. The van der Waals surface area contributed by atoms with Gasteiger partial charge in [0.2, 0.25) is 0 Å². The van der Waals surface area contributed by atoms with E-state index in [1.54, 1.807) is 0 Å². The second-order valence-electron chi connectivity index (χ2n) is 3.83. The van der Waals surface area contributed by atoms with Crippen LogP contribution in [0.25, 0.3) is 0 Å². The van der Waals surface area contributed by atoms with Crippen molar-refractivity contribution in [1.29, 1.82) is 0 Å². The molecule has 0 aliphatic heterocycles. The highest BCUT2D eigenvalue weighted by Gasteiger charge is 2.44. The van der Waals surface area contributed by atoms with Gasteiger partial charge in [0.05, 0.1) is 13.4 Å². The van der Waals surface area contributed by atoms with Crippen LogP contribution in [0, 0.1) is 0 Å². The predicted molar refractivity (Wildman–Crippen MR) is 53.8 cm³/mol. The molecule has 0 spiro atoms. The van der Waals surface area contributed by atoms with Gasteiger partial charge in [-0.2, -0.15) is 8.42 Å². The van der Waals surface area contributed by atoms with Crippen molar-refractivity contribution in [2.45, 2.75) is 37.7 Å². The third kappa shape index (κ3) is 3.17. The lowest BCUT2D eigenvalue weighted by molar-refractivity contribution is -0.161. The average molecular weight is 236 g/mol. The molecular formula is C9H16O5S. The van der Waals surface area contributed by atoms with E-state index in [9.17, 15) is 13.2 Å². The van der Waals surface area contributed by atoms with Gasteiger partial charge in [0, 0.05) is 0 Å².